The Bertz CT molecular complexity index is 387. The van der Waals surface area contributed by atoms with Gasteiger partial charge in [0, 0.05) is 5.56 Å². The molecule has 1 unspecified atom stereocenters. The number of carbonyl (C=O) groups is 2. The third-order valence-electron chi connectivity index (χ3n) is 2.30. The highest BCUT2D eigenvalue weighted by Gasteiger charge is 2.17. The first-order valence-corrected chi connectivity index (χ1v) is 5.49. The largest absolute Gasteiger partial charge is 0.341 e. The minimum Gasteiger partial charge on any atom is -0.341 e. The third-order valence-corrected chi connectivity index (χ3v) is 2.56. The summed E-state index contributed by atoms with van der Waals surface area (Å²) >= 11 is 5.35. The van der Waals surface area contributed by atoms with E-state index < -0.39 is 11.3 Å². The van der Waals surface area contributed by atoms with Crippen molar-refractivity contribution in [2.45, 2.75) is 26.3 Å². The van der Waals surface area contributed by atoms with Gasteiger partial charge in [-0.05, 0) is 37.1 Å². The fourth-order valence-corrected chi connectivity index (χ4v) is 1.47. The zero-order chi connectivity index (χ0) is 12.1. The van der Waals surface area contributed by atoms with Crippen molar-refractivity contribution >= 4 is 22.8 Å². The molecule has 1 aromatic rings. The number of aryl methyl sites for hydroxylation is 1. The maximum absolute atomic E-state index is 11.7. The van der Waals surface area contributed by atoms with Gasteiger partial charge in [0.15, 0.2) is 0 Å². The third kappa shape index (κ3) is 3.35. The molecule has 0 bridgehead atoms. The average Bonchev–Trinajstić information content (AvgIpc) is 2.26. The molecule has 1 atom stereocenters. The van der Waals surface area contributed by atoms with Crippen LogP contribution < -0.4 is 5.32 Å². The van der Waals surface area contributed by atoms with Gasteiger partial charge in [0.05, 0.1) is 0 Å². The van der Waals surface area contributed by atoms with E-state index in [9.17, 15) is 9.59 Å². The van der Waals surface area contributed by atoms with E-state index in [0.717, 1.165) is 5.56 Å². The number of carbonyl (C=O) groups excluding carboxylic acids is 2. The molecule has 0 spiro atoms. The second-order valence-electron chi connectivity index (χ2n) is 3.60. The Labute approximate surface area is 99.8 Å². The monoisotopic (exact) mass is 239 g/mol. The standard InChI is InChI=1S/C12H14ClNO2/c1-3-10(11(13)15)14-12(16)9-6-4-8(2)5-7-9/h4-7,10H,3H2,1-2H3,(H,14,16). The molecule has 0 aromatic heterocycles. The van der Waals surface area contributed by atoms with E-state index >= 15 is 0 Å². The van der Waals surface area contributed by atoms with Crippen molar-refractivity contribution in [3.05, 3.63) is 35.4 Å². The zero-order valence-electron chi connectivity index (χ0n) is 9.29. The van der Waals surface area contributed by atoms with Gasteiger partial charge in [-0.15, -0.1) is 0 Å². The molecule has 0 aliphatic carbocycles. The number of hydrogen-bond donors (Lipinski definition) is 1. The average molecular weight is 240 g/mol. The molecular formula is C12H14ClNO2. The number of rotatable bonds is 4. The van der Waals surface area contributed by atoms with Crippen molar-refractivity contribution in [2.75, 3.05) is 0 Å². The number of nitrogens with one attached hydrogen (secondary N) is 1. The quantitative estimate of drug-likeness (QED) is 0.820. The molecule has 0 heterocycles. The molecule has 0 saturated carbocycles. The first kappa shape index (κ1) is 12.7. The molecule has 0 aliphatic rings. The van der Waals surface area contributed by atoms with Gasteiger partial charge < -0.3 is 5.32 Å². The molecule has 1 aromatic carbocycles. The molecule has 3 nitrogen and oxygen atoms in total. The van der Waals surface area contributed by atoms with Crippen LogP contribution in [0.5, 0.6) is 0 Å². The van der Waals surface area contributed by atoms with Crippen LogP contribution in [0.15, 0.2) is 24.3 Å². The van der Waals surface area contributed by atoms with Crippen LogP contribution in [-0.2, 0) is 4.79 Å². The van der Waals surface area contributed by atoms with Gasteiger partial charge in [0.25, 0.3) is 5.91 Å². The minimum atomic E-state index is -0.615. The molecule has 0 saturated heterocycles. The van der Waals surface area contributed by atoms with Crippen molar-refractivity contribution < 1.29 is 9.59 Å². The Morgan fingerprint density at radius 3 is 2.31 bits per heavy atom. The lowest BCUT2D eigenvalue weighted by atomic mass is 10.1. The second-order valence-corrected chi connectivity index (χ2v) is 3.98. The van der Waals surface area contributed by atoms with Gasteiger partial charge >= 0.3 is 0 Å². The van der Waals surface area contributed by atoms with Gasteiger partial charge in [-0.25, -0.2) is 0 Å². The SMILES string of the molecule is CCC(NC(=O)c1ccc(C)cc1)C(=O)Cl. The highest BCUT2D eigenvalue weighted by molar-refractivity contribution is 6.64. The lowest BCUT2D eigenvalue weighted by molar-refractivity contribution is -0.113. The molecule has 16 heavy (non-hydrogen) atoms. The van der Waals surface area contributed by atoms with Crippen molar-refractivity contribution in [3.8, 4) is 0 Å². The van der Waals surface area contributed by atoms with E-state index in [4.69, 9.17) is 11.6 Å². The predicted molar refractivity (Wildman–Crippen MR) is 63.6 cm³/mol. The van der Waals surface area contributed by atoms with E-state index in [1.165, 1.54) is 0 Å². The smallest absolute Gasteiger partial charge is 0.251 e. The van der Waals surface area contributed by atoms with E-state index in [2.05, 4.69) is 5.32 Å². The van der Waals surface area contributed by atoms with Crippen molar-refractivity contribution in [3.63, 3.8) is 0 Å². The van der Waals surface area contributed by atoms with Crippen LogP contribution in [0.1, 0.15) is 29.3 Å². The summed E-state index contributed by atoms with van der Waals surface area (Å²) < 4.78 is 0. The molecular weight excluding hydrogens is 226 g/mol. The number of benzene rings is 1. The molecule has 0 radical (unpaired) electrons. The number of halogens is 1. The fraction of sp³-hybridized carbons (Fsp3) is 0.333. The molecule has 0 aliphatic heterocycles. The van der Waals surface area contributed by atoms with Crippen LogP contribution in [0, 0.1) is 6.92 Å². The number of hydrogen-bond acceptors (Lipinski definition) is 2. The van der Waals surface area contributed by atoms with Crippen LogP contribution >= 0.6 is 11.6 Å². The van der Waals surface area contributed by atoms with Gasteiger partial charge in [-0.3, -0.25) is 9.59 Å². The molecule has 1 rings (SSSR count). The summed E-state index contributed by atoms with van der Waals surface area (Å²) in [4.78, 5) is 22.7. The Morgan fingerprint density at radius 2 is 1.88 bits per heavy atom. The van der Waals surface area contributed by atoms with E-state index in [-0.39, 0.29) is 5.91 Å². The zero-order valence-corrected chi connectivity index (χ0v) is 10.0. The van der Waals surface area contributed by atoms with Crippen molar-refractivity contribution in [2.24, 2.45) is 0 Å². The van der Waals surface area contributed by atoms with Crippen LogP contribution in [0.3, 0.4) is 0 Å². The first-order chi connectivity index (χ1) is 7.54. The first-order valence-electron chi connectivity index (χ1n) is 5.11. The summed E-state index contributed by atoms with van der Waals surface area (Å²) in [5.41, 5.74) is 1.61. The van der Waals surface area contributed by atoms with Crippen LogP contribution in [0.4, 0.5) is 0 Å². The summed E-state index contributed by atoms with van der Waals surface area (Å²) in [6, 6.07) is 6.51. The van der Waals surface area contributed by atoms with Crippen molar-refractivity contribution in [1.82, 2.24) is 5.32 Å². The van der Waals surface area contributed by atoms with Gasteiger partial charge in [-0.2, -0.15) is 0 Å². The number of amides is 1. The molecule has 4 heteroatoms. The second kappa shape index (κ2) is 5.66. The fourth-order valence-electron chi connectivity index (χ4n) is 1.27. The van der Waals surface area contributed by atoms with Crippen molar-refractivity contribution in [1.29, 1.82) is 0 Å². The maximum atomic E-state index is 11.7. The van der Waals surface area contributed by atoms with Crippen LogP contribution in [0.25, 0.3) is 0 Å². The Hall–Kier alpha value is -1.35. The Kier molecular flexibility index (Phi) is 4.50. The predicted octanol–water partition coefficient (Wildman–Crippen LogP) is 2.27. The summed E-state index contributed by atoms with van der Waals surface area (Å²) in [5.74, 6) is -0.277. The summed E-state index contributed by atoms with van der Waals surface area (Å²) in [6.07, 6.45) is 0.486. The van der Waals surface area contributed by atoms with Gasteiger partial charge in [0.1, 0.15) is 6.04 Å². The van der Waals surface area contributed by atoms with E-state index in [1.807, 2.05) is 19.1 Å². The van der Waals surface area contributed by atoms with Crippen LogP contribution in [-0.4, -0.2) is 17.2 Å². The van der Waals surface area contributed by atoms with E-state index in [1.54, 1.807) is 19.1 Å². The van der Waals surface area contributed by atoms with Gasteiger partial charge in [-0.1, -0.05) is 24.6 Å². The van der Waals surface area contributed by atoms with Gasteiger partial charge in [0.2, 0.25) is 5.24 Å². The summed E-state index contributed by atoms with van der Waals surface area (Å²) in [7, 11) is 0. The van der Waals surface area contributed by atoms with E-state index in [0.29, 0.717) is 12.0 Å². The Morgan fingerprint density at radius 1 is 1.31 bits per heavy atom. The molecule has 86 valence electrons. The maximum Gasteiger partial charge on any atom is 0.251 e. The molecule has 0 fully saturated rings. The lowest BCUT2D eigenvalue weighted by Crippen LogP contribution is -2.38. The summed E-state index contributed by atoms with van der Waals surface area (Å²) in [5, 5.41) is 2.04. The molecule has 1 amide bonds. The minimum absolute atomic E-state index is 0.277. The summed E-state index contributed by atoms with van der Waals surface area (Å²) in [6.45, 7) is 3.74. The lowest BCUT2D eigenvalue weighted by Gasteiger charge is -2.12. The highest BCUT2D eigenvalue weighted by Crippen LogP contribution is 2.05. The highest BCUT2D eigenvalue weighted by atomic mass is 35.5. The van der Waals surface area contributed by atoms with Crippen LogP contribution in [0.2, 0.25) is 0 Å². The molecule has 1 N–H and O–H groups in total. The normalized spacial score (nSPS) is 11.9. The topological polar surface area (TPSA) is 46.2 Å². The Balaban J connectivity index is 2.71.